The molecule has 3 heteroatoms. The minimum absolute atomic E-state index is 0.136. The second-order valence-corrected chi connectivity index (χ2v) is 6.30. The molecule has 1 atom stereocenters. The molecule has 0 saturated heterocycles. The topological polar surface area (TPSA) is 38.3 Å². The zero-order valence-corrected chi connectivity index (χ0v) is 12.4. The van der Waals surface area contributed by atoms with E-state index in [0.717, 1.165) is 5.92 Å². The number of carbonyl (C=O) groups is 1. The minimum Gasteiger partial charge on any atom is -0.469 e. The van der Waals surface area contributed by atoms with E-state index >= 15 is 0 Å². The van der Waals surface area contributed by atoms with Gasteiger partial charge < -0.3 is 10.1 Å². The van der Waals surface area contributed by atoms with Crippen LogP contribution in [0.1, 0.15) is 59.3 Å². The molecule has 0 unspecified atom stereocenters. The summed E-state index contributed by atoms with van der Waals surface area (Å²) >= 11 is 0. The molecule has 0 amide bonds. The zero-order chi connectivity index (χ0) is 13.6. The van der Waals surface area contributed by atoms with Crippen LogP contribution in [-0.4, -0.2) is 25.7 Å². The Morgan fingerprint density at radius 3 is 2.33 bits per heavy atom. The Morgan fingerprint density at radius 1 is 1.28 bits per heavy atom. The largest absolute Gasteiger partial charge is 0.469 e. The van der Waals surface area contributed by atoms with Crippen LogP contribution in [0.25, 0.3) is 0 Å². The molecule has 1 aliphatic carbocycles. The number of methoxy groups -OCH3 is 1. The van der Waals surface area contributed by atoms with Gasteiger partial charge in [0.1, 0.15) is 0 Å². The number of rotatable bonds is 5. The second kappa shape index (κ2) is 7.13. The summed E-state index contributed by atoms with van der Waals surface area (Å²) in [5.74, 6) is 0.629. The van der Waals surface area contributed by atoms with Gasteiger partial charge in [0.25, 0.3) is 0 Å². The number of hydrogen-bond acceptors (Lipinski definition) is 3. The van der Waals surface area contributed by atoms with Crippen molar-refractivity contribution in [3.63, 3.8) is 0 Å². The van der Waals surface area contributed by atoms with E-state index in [1.54, 1.807) is 0 Å². The minimum atomic E-state index is -0.437. The van der Waals surface area contributed by atoms with Gasteiger partial charge in [0.2, 0.25) is 0 Å². The van der Waals surface area contributed by atoms with Crippen LogP contribution in [0, 0.1) is 11.3 Å². The molecule has 1 fully saturated rings. The predicted molar refractivity (Wildman–Crippen MR) is 74.5 cm³/mol. The third-order valence-electron chi connectivity index (χ3n) is 4.21. The summed E-state index contributed by atoms with van der Waals surface area (Å²) in [7, 11) is 1.46. The van der Waals surface area contributed by atoms with Gasteiger partial charge in [-0.15, -0.1) is 0 Å². The average molecular weight is 255 g/mol. The Hall–Kier alpha value is -0.570. The maximum Gasteiger partial charge on any atom is 0.312 e. The van der Waals surface area contributed by atoms with Crippen LogP contribution in [0.15, 0.2) is 0 Å². The lowest BCUT2D eigenvalue weighted by atomic mass is 9.90. The van der Waals surface area contributed by atoms with Crippen molar-refractivity contribution in [2.24, 2.45) is 11.3 Å². The standard InChI is InChI=1S/C15H29NO2/c1-12(13-9-7-5-6-8-10-13)16-11-15(2,3)14(17)18-4/h12-13,16H,5-11H2,1-4H3/t12-/m1/s1. The normalized spacial score (nSPS) is 20.2. The monoisotopic (exact) mass is 255 g/mol. The molecule has 1 saturated carbocycles. The molecule has 1 N–H and O–H groups in total. The molecule has 0 aromatic rings. The van der Waals surface area contributed by atoms with E-state index in [0.29, 0.717) is 12.6 Å². The summed E-state index contributed by atoms with van der Waals surface area (Å²) in [5, 5.41) is 3.53. The summed E-state index contributed by atoms with van der Waals surface area (Å²) < 4.78 is 4.83. The van der Waals surface area contributed by atoms with Gasteiger partial charge in [-0.2, -0.15) is 0 Å². The van der Waals surface area contributed by atoms with Gasteiger partial charge in [0, 0.05) is 12.6 Å². The van der Waals surface area contributed by atoms with Crippen LogP contribution in [-0.2, 0) is 9.53 Å². The van der Waals surface area contributed by atoms with E-state index in [1.807, 2.05) is 13.8 Å². The van der Waals surface area contributed by atoms with Crippen molar-refractivity contribution in [1.29, 1.82) is 0 Å². The zero-order valence-electron chi connectivity index (χ0n) is 12.4. The first-order chi connectivity index (χ1) is 8.47. The SMILES string of the molecule is COC(=O)C(C)(C)CN[C@H](C)C1CCCCCC1. The molecule has 1 rings (SSSR count). The first kappa shape index (κ1) is 15.5. The number of carbonyl (C=O) groups excluding carboxylic acids is 1. The number of esters is 1. The van der Waals surface area contributed by atoms with Crippen molar-refractivity contribution in [1.82, 2.24) is 5.32 Å². The van der Waals surface area contributed by atoms with Crippen molar-refractivity contribution in [2.45, 2.75) is 65.3 Å². The third kappa shape index (κ3) is 4.60. The van der Waals surface area contributed by atoms with Gasteiger partial charge in [-0.1, -0.05) is 25.7 Å². The number of ether oxygens (including phenoxy) is 1. The van der Waals surface area contributed by atoms with Gasteiger partial charge in [-0.3, -0.25) is 4.79 Å². The van der Waals surface area contributed by atoms with E-state index in [1.165, 1.54) is 45.6 Å². The molecule has 0 spiro atoms. The highest BCUT2D eigenvalue weighted by atomic mass is 16.5. The van der Waals surface area contributed by atoms with Crippen molar-refractivity contribution in [2.75, 3.05) is 13.7 Å². The Balaban J connectivity index is 2.39. The number of nitrogens with one attached hydrogen (secondary N) is 1. The van der Waals surface area contributed by atoms with Crippen LogP contribution in [0.3, 0.4) is 0 Å². The molecule has 1 aliphatic rings. The second-order valence-electron chi connectivity index (χ2n) is 6.30. The van der Waals surface area contributed by atoms with Crippen molar-refractivity contribution < 1.29 is 9.53 Å². The lowest BCUT2D eigenvalue weighted by Crippen LogP contribution is -2.43. The molecule has 106 valence electrons. The van der Waals surface area contributed by atoms with E-state index in [4.69, 9.17) is 4.74 Å². The lowest BCUT2D eigenvalue weighted by Gasteiger charge is -2.28. The molecule has 0 aromatic carbocycles. The lowest BCUT2D eigenvalue weighted by molar-refractivity contribution is -0.150. The van der Waals surface area contributed by atoms with Crippen LogP contribution >= 0.6 is 0 Å². The summed E-state index contributed by atoms with van der Waals surface area (Å²) in [4.78, 5) is 11.6. The predicted octanol–water partition coefficient (Wildman–Crippen LogP) is 3.13. The summed E-state index contributed by atoms with van der Waals surface area (Å²) in [6.07, 6.45) is 8.14. The fourth-order valence-electron chi connectivity index (χ4n) is 2.74. The highest BCUT2D eigenvalue weighted by Gasteiger charge is 2.30. The van der Waals surface area contributed by atoms with Gasteiger partial charge in [0.15, 0.2) is 0 Å². The smallest absolute Gasteiger partial charge is 0.312 e. The van der Waals surface area contributed by atoms with Crippen LogP contribution in [0.2, 0.25) is 0 Å². The molecular formula is C15H29NO2. The first-order valence-corrected chi connectivity index (χ1v) is 7.29. The van der Waals surface area contributed by atoms with E-state index in [-0.39, 0.29) is 5.97 Å². The van der Waals surface area contributed by atoms with Crippen LogP contribution in [0.4, 0.5) is 0 Å². The molecule has 3 nitrogen and oxygen atoms in total. The van der Waals surface area contributed by atoms with Crippen molar-refractivity contribution >= 4 is 5.97 Å². The highest BCUT2D eigenvalue weighted by Crippen LogP contribution is 2.26. The van der Waals surface area contributed by atoms with Crippen molar-refractivity contribution in [3.05, 3.63) is 0 Å². The van der Waals surface area contributed by atoms with Crippen molar-refractivity contribution in [3.8, 4) is 0 Å². The Kier molecular flexibility index (Phi) is 6.13. The molecule has 0 bridgehead atoms. The maximum absolute atomic E-state index is 11.6. The third-order valence-corrected chi connectivity index (χ3v) is 4.21. The van der Waals surface area contributed by atoms with E-state index in [2.05, 4.69) is 12.2 Å². The Morgan fingerprint density at radius 2 is 1.83 bits per heavy atom. The summed E-state index contributed by atoms with van der Waals surface area (Å²) in [6, 6.07) is 0.493. The molecule has 0 aromatic heterocycles. The summed E-state index contributed by atoms with van der Waals surface area (Å²) in [6.45, 7) is 6.82. The van der Waals surface area contributed by atoms with Crippen LogP contribution in [0.5, 0.6) is 0 Å². The quantitative estimate of drug-likeness (QED) is 0.606. The van der Waals surface area contributed by atoms with Gasteiger partial charge in [0.05, 0.1) is 12.5 Å². The van der Waals surface area contributed by atoms with E-state index < -0.39 is 5.41 Å². The molecule has 0 heterocycles. The van der Waals surface area contributed by atoms with Gasteiger partial charge in [-0.25, -0.2) is 0 Å². The van der Waals surface area contributed by atoms with Gasteiger partial charge >= 0.3 is 5.97 Å². The van der Waals surface area contributed by atoms with Crippen LogP contribution < -0.4 is 5.32 Å². The Labute approximate surface area is 112 Å². The maximum atomic E-state index is 11.6. The average Bonchev–Trinajstić information content (AvgIpc) is 2.63. The molecule has 0 aliphatic heterocycles. The molecule has 0 radical (unpaired) electrons. The molecular weight excluding hydrogens is 226 g/mol. The summed E-state index contributed by atoms with van der Waals surface area (Å²) in [5.41, 5.74) is -0.437. The first-order valence-electron chi connectivity index (χ1n) is 7.29. The Bertz CT molecular complexity index is 255. The van der Waals surface area contributed by atoms with Gasteiger partial charge in [-0.05, 0) is 39.5 Å². The fraction of sp³-hybridized carbons (Fsp3) is 0.933. The number of hydrogen-bond donors (Lipinski definition) is 1. The van der Waals surface area contributed by atoms with E-state index in [9.17, 15) is 4.79 Å². The highest BCUT2D eigenvalue weighted by molar-refractivity contribution is 5.76. The fourth-order valence-corrected chi connectivity index (χ4v) is 2.74. The molecule has 18 heavy (non-hydrogen) atoms.